The molecule has 0 aromatic heterocycles. The van der Waals surface area contributed by atoms with Gasteiger partial charge in [0.05, 0.1) is 4.92 Å². The number of carbonyl (C=O) groups excluding carboxylic acids is 2. The molecule has 2 fully saturated rings. The van der Waals surface area contributed by atoms with Crippen molar-refractivity contribution in [1.29, 1.82) is 0 Å². The fourth-order valence-electron chi connectivity index (χ4n) is 4.33. The number of rotatable bonds is 6. The van der Waals surface area contributed by atoms with Gasteiger partial charge in [-0.1, -0.05) is 12.5 Å². The van der Waals surface area contributed by atoms with Crippen LogP contribution < -0.4 is 5.32 Å². The predicted molar refractivity (Wildman–Crippen MR) is 95.7 cm³/mol. The Bertz CT molecular complexity index is 746. The van der Waals surface area contributed by atoms with Gasteiger partial charge in [0.25, 0.3) is 11.6 Å². The lowest BCUT2D eigenvalue weighted by atomic mass is 9.86. The summed E-state index contributed by atoms with van der Waals surface area (Å²) in [4.78, 5) is 34.7. The molecule has 0 spiro atoms. The molecule has 1 N–H and O–H groups in total. The van der Waals surface area contributed by atoms with Crippen LogP contribution in [0.25, 0.3) is 0 Å². The van der Waals surface area contributed by atoms with Crippen molar-refractivity contribution < 1.29 is 19.2 Å². The molecule has 3 atom stereocenters. The van der Waals surface area contributed by atoms with E-state index in [1.165, 1.54) is 25.3 Å². The number of anilines is 1. The Morgan fingerprint density at radius 3 is 2.65 bits per heavy atom. The van der Waals surface area contributed by atoms with Crippen LogP contribution in [0.1, 0.15) is 43.2 Å². The molecule has 0 aliphatic heterocycles. The summed E-state index contributed by atoms with van der Waals surface area (Å²) in [6.45, 7) is 3.09. The summed E-state index contributed by atoms with van der Waals surface area (Å²) in [5, 5.41) is 13.7. The lowest BCUT2D eigenvalue weighted by molar-refractivity contribution is -0.384. The van der Waals surface area contributed by atoms with Crippen molar-refractivity contribution in [3.05, 3.63) is 33.4 Å². The van der Waals surface area contributed by atoms with Crippen LogP contribution in [0, 0.1) is 41.7 Å². The standard InChI is InChI=1S/C19H24N2O5/c1-11-3-6-16(21(24)25)19(12(11)2)20-17(22)10-26-18(23)9-15-8-13-4-5-14(15)7-13/h3,6,13-15H,4-5,7-10H2,1-2H3,(H,20,22)/t13-,14+,15-/m0/s1. The normalized spacial score (nSPS) is 23.7. The topological polar surface area (TPSA) is 98.5 Å². The molecule has 2 aliphatic rings. The Balaban J connectivity index is 1.54. The first-order chi connectivity index (χ1) is 12.3. The SMILES string of the molecule is Cc1ccc([N+](=O)[O-])c(NC(=O)COC(=O)C[C@@H]2C[C@H]3CC[C@@H]2C3)c1C. The summed E-state index contributed by atoms with van der Waals surface area (Å²) >= 11 is 0. The first-order valence-electron chi connectivity index (χ1n) is 9.05. The molecule has 3 rings (SSSR count). The molecule has 2 bridgehead atoms. The first-order valence-corrected chi connectivity index (χ1v) is 9.05. The maximum atomic E-state index is 12.1. The van der Waals surface area contributed by atoms with Gasteiger partial charge >= 0.3 is 5.97 Å². The van der Waals surface area contributed by atoms with E-state index < -0.39 is 17.4 Å². The number of fused-ring (bicyclic) bond motifs is 2. The van der Waals surface area contributed by atoms with Gasteiger partial charge in [-0.05, 0) is 62.0 Å². The Hall–Kier alpha value is -2.44. The third-order valence-electron chi connectivity index (χ3n) is 5.85. The average molecular weight is 360 g/mol. The fraction of sp³-hybridized carbons (Fsp3) is 0.579. The van der Waals surface area contributed by atoms with Crippen molar-refractivity contribution in [2.24, 2.45) is 17.8 Å². The number of nitrogens with zero attached hydrogens (tertiary/aromatic N) is 1. The zero-order chi connectivity index (χ0) is 18.8. The second-order valence-corrected chi connectivity index (χ2v) is 7.51. The minimum absolute atomic E-state index is 0.157. The molecule has 0 saturated heterocycles. The van der Waals surface area contributed by atoms with Crippen molar-refractivity contribution in [2.45, 2.75) is 46.0 Å². The van der Waals surface area contributed by atoms with E-state index in [2.05, 4.69) is 5.32 Å². The number of nitrogens with one attached hydrogen (secondary N) is 1. The zero-order valence-corrected chi connectivity index (χ0v) is 15.1. The number of nitro benzene ring substituents is 1. The monoisotopic (exact) mass is 360 g/mol. The molecule has 140 valence electrons. The molecule has 7 nitrogen and oxygen atoms in total. The lowest BCUT2D eigenvalue weighted by Gasteiger charge is -2.20. The maximum Gasteiger partial charge on any atom is 0.306 e. The molecule has 26 heavy (non-hydrogen) atoms. The maximum absolute atomic E-state index is 12.1. The number of esters is 1. The van der Waals surface area contributed by atoms with E-state index in [1.807, 2.05) is 6.92 Å². The van der Waals surface area contributed by atoms with Gasteiger partial charge in [-0.15, -0.1) is 0 Å². The number of ether oxygens (including phenoxy) is 1. The van der Waals surface area contributed by atoms with E-state index >= 15 is 0 Å². The van der Waals surface area contributed by atoms with E-state index in [4.69, 9.17) is 4.74 Å². The number of amides is 1. The highest BCUT2D eigenvalue weighted by Gasteiger charge is 2.40. The fourth-order valence-corrected chi connectivity index (χ4v) is 4.33. The predicted octanol–water partition coefficient (Wildman–Crippen LogP) is 3.52. The van der Waals surface area contributed by atoms with Crippen molar-refractivity contribution in [3.8, 4) is 0 Å². The van der Waals surface area contributed by atoms with Crippen LogP contribution in [-0.4, -0.2) is 23.4 Å². The first kappa shape index (κ1) is 18.4. The second-order valence-electron chi connectivity index (χ2n) is 7.51. The van der Waals surface area contributed by atoms with Crippen LogP contribution >= 0.6 is 0 Å². The average Bonchev–Trinajstić information content (AvgIpc) is 3.20. The summed E-state index contributed by atoms with van der Waals surface area (Å²) < 4.78 is 5.10. The second kappa shape index (κ2) is 7.43. The highest BCUT2D eigenvalue weighted by molar-refractivity contribution is 5.96. The van der Waals surface area contributed by atoms with Crippen LogP contribution in [0.3, 0.4) is 0 Å². The quantitative estimate of drug-likeness (QED) is 0.475. The summed E-state index contributed by atoms with van der Waals surface area (Å²) in [6, 6.07) is 3.00. The number of hydrogen-bond acceptors (Lipinski definition) is 5. The molecule has 0 radical (unpaired) electrons. The molecular formula is C19H24N2O5. The Labute approximate surface area is 152 Å². The number of nitro groups is 1. The van der Waals surface area contributed by atoms with Crippen LogP contribution in [0.15, 0.2) is 12.1 Å². The van der Waals surface area contributed by atoms with Gasteiger partial charge in [-0.3, -0.25) is 19.7 Å². The van der Waals surface area contributed by atoms with Gasteiger partial charge in [-0.2, -0.15) is 0 Å². The lowest BCUT2D eigenvalue weighted by Crippen LogP contribution is -2.24. The minimum atomic E-state index is -0.567. The third-order valence-corrected chi connectivity index (χ3v) is 5.85. The van der Waals surface area contributed by atoms with Crippen molar-refractivity contribution in [2.75, 3.05) is 11.9 Å². The number of carbonyl (C=O) groups is 2. The summed E-state index contributed by atoms with van der Waals surface area (Å²) in [6.07, 6.45) is 5.13. The van der Waals surface area contributed by atoms with Gasteiger partial charge in [0.2, 0.25) is 0 Å². The molecule has 2 aliphatic carbocycles. The molecule has 0 heterocycles. The Morgan fingerprint density at radius 2 is 2.04 bits per heavy atom. The minimum Gasteiger partial charge on any atom is -0.456 e. The van der Waals surface area contributed by atoms with Crippen LogP contribution in [0.2, 0.25) is 0 Å². The van der Waals surface area contributed by atoms with Gasteiger partial charge in [0.15, 0.2) is 6.61 Å². The summed E-state index contributed by atoms with van der Waals surface area (Å²) in [5.41, 5.74) is 1.44. The highest BCUT2D eigenvalue weighted by Crippen LogP contribution is 2.49. The molecule has 0 unspecified atom stereocenters. The highest BCUT2D eigenvalue weighted by atomic mass is 16.6. The van der Waals surface area contributed by atoms with Gasteiger partial charge in [-0.25, -0.2) is 0 Å². The molecule has 7 heteroatoms. The summed E-state index contributed by atoms with van der Waals surface area (Å²) in [5.74, 6) is 0.825. The van der Waals surface area contributed by atoms with Crippen LogP contribution in [0.4, 0.5) is 11.4 Å². The van der Waals surface area contributed by atoms with Crippen LogP contribution in [-0.2, 0) is 14.3 Å². The molecular weight excluding hydrogens is 336 g/mol. The molecule has 1 aromatic rings. The van der Waals surface area contributed by atoms with Gasteiger partial charge in [0, 0.05) is 12.5 Å². The summed E-state index contributed by atoms with van der Waals surface area (Å²) in [7, 11) is 0. The molecule has 1 amide bonds. The number of aryl methyl sites for hydroxylation is 1. The van der Waals surface area contributed by atoms with Gasteiger partial charge in [0.1, 0.15) is 5.69 Å². The van der Waals surface area contributed by atoms with Crippen molar-refractivity contribution in [1.82, 2.24) is 0 Å². The largest absolute Gasteiger partial charge is 0.456 e. The number of benzene rings is 1. The number of hydrogen-bond donors (Lipinski definition) is 1. The van der Waals surface area contributed by atoms with Crippen molar-refractivity contribution >= 4 is 23.3 Å². The third kappa shape index (κ3) is 3.86. The Kier molecular flexibility index (Phi) is 5.25. The van der Waals surface area contributed by atoms with Gasteiger partial charge < -0.3 is 10.1 Å². The van der Waals surface area contributed by atoms with E-state index in [-0.39, 0.29) is 17.3 Å². The van der Waals surface area contributed by atoms with Crippen molar-refractivity contribution in [3.63, 3.8) is 0 Å². The van der Waals surface area contributed by atoms with E-state index in [9.17, 15) is 19.7 Å². The van der Waals surface area contributed by atoms with E-state index in [1.54, 1.807) is 13.0 Å². The van der Waals surface area contributed by atoms with E-state index in [0.717, 1.165) is 17.9 Å². The zero-order valence-electron chi connectivity index (χ0n) is 15.1. The smallest absolute Gasteiger partial charge is 0.306 e. The Morgan fingerprint density at radius 1 is 1.27 bits per heavy atom. The van der Waals surface area contributed by atoms with Crippen LogP contribution in [0.5, 0.6) is 0 Å². The molecule has 2 saturated carbocycles. The molecule has 1 aromatic carbocycles. The van der Waals surface area contributed by atoms with E-state index in [0.29, 0.717) is 23.8 Å².